The first-order chi connectivity index (χ1) is 12.0. The van der Waals surface area contributed by atoms with E-state index in [1.807, 2.05) is 0 Å². The number of hydrogen-bond donors (Lipinski definition) is 1. The number of carboxylic acid groups (broad SMARTS) is 1. The summed E-state index contributed by atoms with van der Waals surface area (Å²) in [5, 5.41) is 19.9. The van der Waals surface area contributed by atoms with Crippen molar-refractivity contribution >= 4 is 29.8 Å². The molecule has 0 aliphatic carbocycles. The number of hydrogen-bond acceptors (Lipinski definition) is 7. The molecular formula is C16H15N5O4. The summed E-state index contributed by atoms with van der Waals surface area (Å²) in [6.45, 7) is 1.90. The number of anilines is 1. The Morgan fingerprint density at radius 1 is 1.16 bits per heavy atom. The smallest absolute Gasteiger partial charge is 0.338 e. The van der Waals surface area contributed by atoms with Gasteiger partial charge in [0.2, 0.25) is 5.95 Å². The zero-order valence-corrected chi connectivity index (χ0v) is 13.2. The van der Waals surface area contributed by atoms with E-state index in [1.165, 1.54) is 6.08 Å². The molecule has 128 valence electrons. The molecule has 9 nitrogen and oxygen atoms in total. The summed E-state index contributed by atoms with van der Waals surface area (Å²) in [5.74, 6) is -0.606. The maximum Gasteiger partial charge on any atom is 0.338 e. The van der Waals surface area contributed by atoms with Crippen molar-refractivity contribution in [2.45, 2.75) is 12.8 Å². The Hall–Kier alpha value is -3.36. The summed E-state index contributed by atoms with van der Waals surface area (Å²) >= 11 is 0. The molecule has 1 N–H and O–H groups in total. The van der Waals surface area contributed by atoms with E-state index >= 15 is 0 Å². The molecule has 1 aliphatic heterocycles. The van der Waals surface area contributed by atoms with Crippen molar-refractivity contribution in [1.29, 1.82) is 0 Å². The van der Waals surface area contributed by atoms with E-state index in [1.54, 1.807) is 18.5 Å². The lowest BCUT2D eigenvalue weighted by Gasteiger charge is -2.14. The van der Waals surface area contributed by atoms with E-state index in [2.05, 4.69) is 19.9 Å². The van der Waals surface area contributed by atoms with Gasteiger partial charge in [-0.2, -0.15) is 0 Å². The molecule has 0 radical (unpaired) electrons. The molecule has 9 heteroatoms. The van der Waals surface area contributed by atoms with Gasteiger partial charge >= 0.3 is 5.97 Å². The second kappa shape index (κ2) is 7.04. The summed E-state index contributed by atoms with van der Waals surface area (Å²) in [5.41, 5.74) is 0.203. The highest BCUT2D eigenvalue weighted by Gasteiger charge is 2.16. The second-order valence-corrected chi connectivity index (χ2v) is 5.53. The van der Waals surface area contributed by atoms with E-state index in [4.69, 9.17) is 0 Å². The Morgan fingerprint density at radius 2 is 1.84 bits per heavy atom. The van der Waals surface area contributed by atoms with Crippen LogP contribution < -0.4 is 4.90 Å². The first-order valence-corrected chi connectivity index (χ1v) is 7.67. The molecule has 0 spiro atoms. The zero-order valence-electron chi connectivity index (χ0n) is 13.2. The number of rotatable bonds is 5. The maximum absolute atomic E-state index is 11.3. The van der Waals surface area contributed by atoms with Gasteiger partial charge in [0.05, 0.1) is 16.2 Å². The molecule has 0 amide bonds. The summed E-state index contributed by atoms with van der Waals surface area (Å²) < 4.78 is 0. The standard InChI is InChI=1S/C16H15N5O4/c22-15(23)13-7-12(21(24)25)10-17-14(13)4-3-11-8-18-16(19-9-11)20-5-1-2-6-20/h3-4,7-10H,1-2,5-6H2,(H,22,23)/b4-3-. The fourth-order valence-corrected chi connectivity index (χ4v) is 2.54. The molecule has 2 aromatic rings. The quantitative estimate of drug-likeness (QED) is 0.649. The van der Waals surface area contributed by atoms with Gasteiger partial charge in [-0.3, -0.25) is 10.1 Å². The van der Waals surface area contributed by atoms with Gasteiger partial charge in [0.15, 0.2) is 0 Å². The van der Waals surface area contributed by atoms with Gasteiger partial charge in [-0.15, -0.1) is 0 Å². The molecule has 0 atom stereocenters. The molecule has 2 aromatic heterocycles. The highest BCUT2D eigenvalue weighted by atomic mass is 16.6. The summed E-state index contributed by atoms with van der Waals surface area (Å²) in [7, 11) is 0. The third-order valence-electron chi connectivity index (χ3n) is 3.83. The third kappa shape index (κ3) is 3.77. The Kier molecular flexibility index (Phi) is 4.64. The monoisotopic (exact) mass is 341 g/mol. The van der Waals surface area contributed by atoms with Gasteiger partial charge < -0.3 is 10.0 Å². The van der Waals surface area contributed by atoms with E-state index in [-0.39, 0.29) is 16.9 Å². The number of nitrogens with zero attached hydrogens (tertiary/aromatic N) is 5. The number of aromatic nitrogens is 3. The lowest BCUT2D eigenvalue weighted by molar-refractivity contribution is -0.385. The van der Waals surface area contributed by atoms with Crippen LogP contribution in [0, 0.1) is 10.1 Å². The molecule has 1 saturated heterocycles. The lowest BCUT2D eigenvalue weighted by atomic mass is 10.1. The van der Waals surface area contributed by atoms with Crippen molar-refractivity contribution < 1.29 is 14.8 Å². The fourth-order valence-electron chi connectivity index (χ4n) is 2.54. The molecule has 0 aromatic carbocycles. The number of nitro groups is 1. The van der Waals surface area contributed by atoms with Crippen LogP contribution in [-0.2, 0) is 0 Å². The normalized spacial score (nSPS) is 14.2. The Morgan fingerprint density at radius 3 is 2.44 bits per heavy atom. The minimum absolute atomic E-state index is 0.127. The number of aromatic carboxylic acids is 1. The predicted octanol–water partition coefficient (Wildman–Crippen LogP) is 2.25. The lowest BCUT2D eigenvalue weighted by Crippen LogP contribution is -2.20. The molecule has 0 bridgehead atoms. The topological polar surface area (TPSA) is 122 Å². The van der Waals surface area contributed by atoms with Crippen LogP contribution in [0.3, 0.4) is 0 Å². The van der Waals surface area contributed by atoms with Crippen LogP contribution in [0.4, 0.5) is 11.6 Å². The van der Waals surface area contributed by atoms with Crippen LogP contribution in [0.2, 0.25) is 0 Å². The van der Waals surface area contributed by atoms with Crippen molar-refractivity contribution in [3.63, 3.8) is 0 Å². The van der Waals surface area contributed by atoms with Crippen LogP contribution in [0.1, 0.15) is 34.5 Å². The van der Waals surface area contributed by atoms with Gasteiger partial charge in [-0.25, -0.2) is 19.7 Å². The molecule has 1 fully saturated rings. The third-order valence-corrected chi connectivity index (χ3v) is 3.83. The molecule has 0 unspecified atom stereocenters. The molecular weight excluding hydrogens is 326 g/mol. The first-order valence-electron chi connectivity index (χ1n) is 7.67. The van der Waals surface area contributed by atoms with Crippen molar-refractivity contribution in [2.75, 3.05) is 18.0 Å². The Balaban J connectivity index is 1.81. The van der Waals surface area contributed by atoms with E-state index in [0.717, 1.165) is 38.2 Å². The van der Waals surface area contributed by atoms with Crippen molar-refractivity contribution in [3.05, 3.63) is 51.6 Å². The predicted molar refractivity (Wildman–Crippen MR) is 90.3 cm³/mol. The molecule has 3 heterocycles. The first kappa shape index (κ1) is 16.5. The van der Waals surface area contributed by atoms with Crippen molar-refractivity contribution in [3.8, 4) is 0 Å². The SMILES string of the molecule is O=C(O)c1cc([N+](=O)[O-])cnc1/C=C\c1cnc(N2CCCC2)nc1. The number of carbonyl (C=O) groups is 1. The largest absolute Gasteiger partial charge is 0.478 e. The zero-order chi connectivity index (χ0) is 17.8. The maximum atomic E-state index is 11.3. The molecule has 3 rings (SSSR count). The van der Waals surface area contributed by atoms with Crippen LogP contribution in [-0.4, -0.2) is 44.0 Å². The highest BCUT2D eigenvalue weighted by Crippen LogP contribution is 2.18. The van der Waals surface area contributed by atoms with Crippen LogP contribution in [0.15, 0.2) is 24.7 Å². The van der Waals surface area contributed by atoms with E-state index < -0.39 is 10.9 Å². The summed E-state index contributed by atoms with van der Waals surface area (Å²) in [6, 6.07) is 0.988. The molecule has 0 saturated carbocycles. The average Bonchev–Trinajstić information content (AvgIpc) is 3.14. The van der Waals surface area contributed by atoms with Gasteiger partial charge in [0.1, 0.15) is 6.20 Å². The molecule has 1 aliphatic rings. The second-order valence-electron chi connectivity index (χ2n) is 5.53. The summed E-state index contributed by atoms with van der Waals surface area (Å²) in [6.07, 6.45) is 9.67. The fraction of sp³-hybridized carbons (Fsp3) is 0.250. The van der Waals surface area contributed by atoms with Crippen LogP contribution in [0.5, 0.6) is 0 Å². The number of carboxylic acids is 1. The Labute approximate surface area is 142 Å². The Bertz CT molecular complexity index is 829. The molecule has 25 heavy (non-hydrogen) atoms. The average molecular weight is 341 g/mol. The minimum atomic E-state index is -1.28. The number of pyridine rings is 1. The highest BCUT2D eigenvalue weighted by molar-refractivity contribution is 5.93. The van der Waals surface area contributed by atoms with Crippen LogP contribution >= 0.6 is 0 Å². The van der Waals surface area contributed by atoms with E-state index in [0.29, 0.717) is 11.5 Å². The van der Waals surface area contributed by atoms with Gasteiger partial charge in [-0.05, 0) is 25.0 Å². The van der Waals surface area contributed by atoms with Crippen molar-refractivity contribution in [2.24, 2.45) is 0 Å². The van der Waals surface area contributed by atoms with Gasteiger partial charge in [-0.1, -0.05) is 0 Å². The van der Waals surface area contributed by atoms with Crippen LogP contribution in [0.25, 0.3) is 12.2 Å². The van der Waals surface area contributed by atoms with Gasteiger partial charge in [0, 0.05) is 37.1 Å². The van der Waals surface area contributed by atoms with Crippen molar-refractivity contribution in [1.82, 2.24) is 15.0 Å². The van der Waals surface area contributed by atoms with E-state index in [9.17, 15) is 20.0 Å². The minimum Gasteiger partial charge on any atom is -0.478 e. The summed E-state index contributed by atoms with van der Waals surface area (Å²) in [4.78, 5) is 35.9. The van der Waals surface area contributed by atoms with Gasteiger partial charge in [0.25, 0.3) is 5.69 Å².